The van der Waals surface area contributed by atoms with Crippen LogP contribution in [0.4, 0.5) is 20.2 Å². The van der Waals surface area contributed by atoms with Crippen LogP contribution in [0.2, 0.25) is 0 Å². The molecule has 4 heterocycles. The number of nitrogens with one attached hydrogen (secondary N) is 2. The number of nitrogens with zero attached hydrogens (tertiary/aromatic N) is 3. The number of fused-ring (bicyclic) bond motifs is 1. The van der Waals surface area contributed by atoms with Crippen molar-refractivity contribution < 1.29 is 18.3 Å². The SMILES string of the molecule is O=C(NC1=NCc2ccc(Cc3cc(F)cc(F)c3)cc21)c1ccc(N2CCC[C@H]2CN2CCCC2)cc1NC1CCOCC1. The number of benzene rings is 3. The van der Waals surface area contributed by atoms with Gasteiger partial charge in [-0.3, -0.25) is 9.79 Å². The van der Waals surface area contributed by atoms with Gasteiger partial charge in [0.05, 0.1) is 12.1 Å². The first kappa shape index (κ1) is 29.9. The molecular formula is C36H41F2N5O2. The number of carbonyl (C=O) groups excluding carboxylic acids is 1. The van der Waals surface area contributed by atoms with Crippen molar-refractivity contribution in [2.45, 2.75) is 63.6 Å². The summed E-state index contributed by atoms with van der Waals surface area (Å²) < 4.78 is 33.2. The third-order valence-electron chi connectivity index (χ3n) is 9.60. The second-order valence-corrected chi connectivity index (χ2v) is 12.8. The van der Waals surface area contributed by atoms with E-state index in [1.54, 1.807) is 0 Å². The van der Waals surface area contributed by atoms with E-state index in [1.165, 1.54) is 50.9 Å². The molecule has 3 aromatic carbocycles. The summed E-state index contributed by atoms with van der Waals surface area (Å²) >= 11 is 0. The maximum Gasteiger partial charge on any atom is 0.258 e. The quantitative estimate of drug-likeness (QED) is 0.331. The third-order valence-corrected chi connectivity index (χ3v) is 9.60. The van der Waals surface area contributed by atoms with Gasteiger partial charge in [-0.25, -0.2) is 8.78 Å². The summed E-state index contributed by atoms with van der Waals surface area (Å²) in [6.45, 7) is 6.40. The van der Waals surface area contributed by atoms with Crippen molar-refractivity contribution >= 4 is 23.1 Å². The van der Waals surface area contributed by atoms with Gasteiger partial charge >= 0.3 is 0 Å². The van der Waals surface area contributed by atoms with Gasteiger partial charge in [-0.05, 0) is 111 Å². The van der Waals surface area contributed by atoms with Gasteiger partial charge in [-0.15, -0.1) is 0 Å². The van der Waals surface area contributed by atoms with E-state index in [-0.39, 0.29) is 11.9 Å². The lowest BCUT2D eigenvalue weighted by Gasteiger charge is -2.31. The van der Waals surface area contributed by atoms with Crippen LogP contribution in [-0.4, -0.2) is 68.1 Å². The summed E-state index contributed by atoms with van der Waals surface area (Å²) in [5.41, 5.74) is 5.88. The van der Waals surface area contributed by atoms with E-state index in [1.807, 2.05) is 24.3 Å². The fourth-order valence-corrected chi connectivity index (χ4v) is 7.29. The monoisotopic (exact) mass is 613 g/mol. The van der Waals surface area contributed by atoms with Gasteiger partial charge in [0, 0.05) is 61.4 Å². The lowest BCUT2D eigenvalue weighted by molar-refractivity contribution is 0.0904. The Hall–Kier alpha value is -3.82. The molecule has 3 aromatic rings. The predicted octanol–water partition coefficient (Wildman–Crippen LogP) is 5.90. The van der Waals surface area contributed by atoms with Crippen molar-refractivity contribution in [2.24, 2.45) is 4.99 Å². The zero-order chi connectivity index (χ0) is 30.8. The Morgan fingerprint density at radius 1 is 0.889 bits per heavy atom. The van der Waals surface area contributed by atoms with Crippen molar-refractivity contribution in [3.63, 3.8) is 0 Å². The zero-order valence-electron chi connectivity index (χ0n) is 25.7. The van der Waals surface area contributed by atoms with E-state index in [9.17, 15) is 13.6 Å². The molecule has 45 heavy (non-hydrogen) atoms. The topological polar surface area (TPSA) is 69.2 Å². The highest BCUT2D eigenvalue weighted by atomic mass is 19.1. The normalized spacial score (nSPS) is 20.4. The molecule has 0 aliphatic carbocycles. The van der Waals surface area contributed by atoms with E-state index in [0.717, 1.165) is 60.1 Å². The summed E-state index contributed by atoms with van der Waals surface area (Å²) in [5, 5.41) is 6.78. The minimum absolute atomic E-state index is 0.213. The van der Waals surface area contributed by atoms with Crippen molar-refractivity contribution in [2.75, 3.05) is 49.6 Å². The molecule has 7 nitrogen and oxygen atoms in total. The number of ether oxygens (including phenoxy) is 1. The third kappa shape index (κ3) is 6.89. The van der Waals surface area contributed by atoms with Gasteiger partial charge < -0.3 is 25.2 Å². The van der Waals surface area contributed by atoms with Crippen molar-refractivity contribution in [1.29, 1.82) is 0 Å². The predicted molar refractivity (Wildman–Crippen MR) is 173 cm³/mol. The van der Waals surface area contributed by atoms with Crippen LogP contribution in [0.15, 0.2) is 59.6 Å². The van der Waals surface area contributed by atoms with Crippen LogP contribution >= 0.6 is 0 Å². The Morgan fingerprint density at radius 2 is 1.69 bits per heavy atom. The van der Waals surface area contributed by atoms with Crippen LogP contribution in [0, 0.1) is 11.6 Å². The number of likely N-dealkylation sites (tertiary alicyclic amines) is 1. The van der Waals surface area contributed by atoms with Crippen LogP contribution in [0.5, 0.6) is 0 Å². The molecule has 0 aromatic heterocycles. The number of hydrogen-bond donors (Lipinski definition) is 2. The second-order valence-electron chi connectivity index (χ2n) is 12.8. The van der Waals surface area contributed by atoms with Crippen molar-refractivity contribution in [3.05, 3.63) is 94.0 Å². The highest BCUT2D eigenvalue weighted by Gasteiger charge is 2.29. The van der Waals surface area contributed by atoms with Crippen LogP contribution < -0.4 is 15.5 Å². The largest absolute Gasteiger partial charge is 0.381 e. The van der Waals surface area contributed by atoms with E-state index in [4.69, 9.17) is 4.74 Å². The molecule has 4 aliphatic heterocycles. The molecule has 9 heteroatoms. The van der Waals surface area contributed by atoms with Gasteiger partial charge in [0.15, 0.2) is 0 Å². The number of rotatable bonds is 8. The fraction of sp³-hybridized carbons (Fsp3) is 0.444. The molecule has 7 rings (SSSR count). The van der Waals surface area contributed by atoms with Crippen LogP contribution in [0.25, 0.3) is 0 Å². The molecule has 1 atom stereocenters. The van der Waals surface area contributed by atoms with Crippen molar-refractivity contribution in [1.82, 2.24) is 10.2 Å². The van der Waals surface area contributed by atoms with E-state index >= 15 is 0 Å². The summed E-state index contributed by atoms with van der Waals surface area (Å²) in [6.07, 6.45) is 7.11. The standard InChI is InChI=1S/C36H41F2N5O2/c37-27-17-25(18-28(38)20-27)16-24-5-6-26-22-39-35(33(26)19-24)41-36(44)32-8-7-30(21-34(32)40-29-9-14-45-15-10-29)43-13-3-4-31(43)23-42-11-1-2-12-42/h5-8,17-21,29,31,40H,1-4,9-16,22-23H2,(H,39,41,44)/t31-/m0/s1. The molecule has 0 unspecified atom stereocenters. The maximum absolute atomic E-state index is 13.9. The number of anilines is 2. The number of halogens is 2. The number of hydrogen-bond acceptors (Lipinski definition) is 6. The number of amides is 1. The summed E-state index contributed by atoms with van der Waals surface area (Å²) in [5.74, 6) is -0.878. The first-order valence-electron chi connectivity index (χ1n) is 16.4. The Labute approximate surface area is 263 Å². The first-order chi connectivity index (χ1) is 22.0. The molecular weight excluding hydrogens is 572 g/mol. The van der Waals surface area contributed by atoms with Gasteiger partial charge in [0.25, 0.3) is 5.91 Å². The summed E-state index contributed by atoms with van der Waals surface area (Å²) in [7, 11) is 0. The molecule has 4 aliphatic rings. The van der Waals surface area contributed by atoms with Crippen LogP contribution in [-0.2, 0) is 17.7 Å². The highest BCUT2D eigenvalue weighted by molar-refractivity contribution is 6.15. The molecule has 2 N–H and O–H groups in total. The number of carbonyl (C=O) groups is 1. The molecule has 0 radical (unpaired) electrons. The van der Waals surface area contributed by atoms with E-state index in [2.05, 4.69) is 37.6 Å². The lowest BCUT2D eigenvalue weighted by atomic mass is 9.99. The fourth-order valence-electron chi connectivity index (χ4n) is 7.29. The zero-order valence-corrected chi connectivity index (χ0v) is 25.7. The maximum atomic E-state index is 13.9. The summed E-state index contributed by atoms with van der Waals surface area (Å²) in [6, 6.07) is 16.4. The molecule has 236 valence electrons. The second kappa shape index (κ2) is 13.3. The molecule has 0 saturated carbocycles. The molecule has 0 spiro atoms. The molecule has 3 saturated heterocycles. The number of amidine groups is 1. The van der Waals surface area contributed by atoms with Gasteiger partial charge in [-0.2, -0.15) is 0 Å². The van der Waals surface area contributed by atoms with Crippen molar-refractivity contribution in [3.8, 4) is 0 Å². The smallest absolute Gasteiger partial charge is 0.258 e. The Balaban J connectivity index is 1.11. The van der Waals surface area contributed by atoms with Crippen LogP contribution in [0.1, 0.15) is 71.1 Å². The average Bonchev–Trinajstić information content (AvgIpc) is 3.80. The lowest BCUT2D eigenvalue weighted by Crippen LogP contribution is -2.39. The Bertz CT molecular complexity index is 1560. The van der Waals surface area contributed by atoms with Gasteiger partial charge in [0.2, 0.25) is 0 Å². The van der Waals surface area contributed by atoms with E-state index < -0.39 is 11.6 Å². The number of aliphatic imine (C=N–C) groups is 1. The summed E-state index contributed by atoms with van der Waals surface area (Å²) in [4.78, 5) is 23.7. The molecule has 3 fully saturated rings. The van der Waals surface area contributed by atoms with E-state index in [0.29, 0.717) is 49.2 Å². The minimum atomic E-state index is -0.594. The molecule has 1 amide bonds. The molecule has 0 bridgehead atoms. The van der Waals surface area contributed by atoms with Crippen LogP contribution in [0.3, 0.4) is 0 Å². The van der Waals surface area contributed by atoms with Gasteiger partial charge in [-0.1, -0.05) is 12.1 Å². The Morgan fingerprint density at radius 3 is 2.49 bits per heavy atom. The highest BCUT2D eigenvalue weighted by Crippen LogP contribution is 2.32. The van der Waals surface area contributed by atoms with Gasteiger partial charge in [0.1, 0.15) is 17.5 Å². The first-order valence-corrected chi connectivity index (χ1v) is 16.4. The minimum Gasteiger partial charge on any atom is -0.381 e. The average molecular weight is 614 g/mol. The Kier molecular flexibility index (Phi) is 8.81.